The summed E-state index contributed by atoms with van der Waals surface area (Å²) in [7, 11) is 0. The van der Waals surface area contributed by atoms with E-state index in [1.807, 2.05) is 0 Å². The molecule has 0 aromatic rings. The van der Waals surface area contributed by atoms with Crippen molar-refractivity contribution in [2.45, 2.75) is 39.0 Å². The predicted molar refractivity (Wildman–Crippen MR) is 42.8 cm³/mol. The first kappa shape index (κ1) is 9.63. The van der Waals surface area contributed by atoms with Gasteiger partial charge in [0.25, 0.3) is 0 Å². The molecule has 0 amide bonds. The minimum atomic E-state index is 0.316. The first-order valence-electron chi connectivity index (χ1n) is 4.03. The summed E-state index contributed by atoms with van der Waals surface area (Å²) in [5.41, 5.74) is 5.21. The minimum absolute atomic E-state index is 0.316. The van der Waals surface area contributed by atoms with Gasteiger partial charge in [-0.2, -0.15) is 0 Å². The molecule has 2 nitrogen and oxygen atoms in total. The van der Waals surface area contributed by atoms with Crippen molar-refractivity contribution in [1.29, 1.82) is 0 Å². The van der Waals surface area contributed by atoms with E-state index < -0.39 is 0 Å². The number of nitrogens with two attached hydrogens (primary N) is 1. The van der Waals surface area contributed by atoms with E-state index in [1.165, 1.54) is 6.42 Å². The van der Waals surface area contributed by atoms with E-state index in [0.29, 0.717) is 18.7 Å². The van der Waals surface area contributed by atoms with Crippen molar-refractivity contribution in [2.24, 2.45) is 5.73 Å². The molecule has 2 heteroatoms. The summed E-state index contributed by atoms with van der Waals surface area (Å²) in [6.07, 6.45) is 4.66. The highest BCUT2D eigenvalue weighted by atomic mass is 16.1. The Labute approximate surface area is 62.8 Å². The normalized spacial score (nSPS) is 9.80. The van der Waals surface area contributed by atoms with Crippen LogP contribution in [0.1, 0.15) is 39.0 Å². The van der Waals surface area contributed by atoms with Crippen LogP contribution < -0.4 is 5.73 Å². The second-order valence-corrected chi connectivity index (χ2v) is 2.53. The first-order valence-corrected chi connectivity index (χ1v) is 4.03. The average molecular weight is 143 g/mol. The van der Waals surface area contributed by atoms with E-state index in [4.69, 9.17) is 5.73 Å². The molecule has 0 rings (SSSR count). The molecule has 0 aromatic carbocycles. The van der Waals surface area contributed by atoms with Gasteiger partial charge in [-0.25, -0.2) is 0 Å². The molecule has 0 bridgehead atoms. The molecule has 0 aliphatic rings. The van der Waals surface area contributed by atoms with E-state index >= 15 is 0 Å². The van der Waals surface area contributed by atoms with Crippen LogP contribution in [0.3, 0.4) is 0 Å². The van der Waals surface area contributed by atoms with Crippen LogP contribution in [-0.4, -0.2) is 12.3 Å². The van der Waals surface area contributed by atoms with Crippen molar-refractivity contribution < 1.29 is 4.79 Å². The third-order valence-corrected chi connectivity index (χ3v) is 1.48. The number of carbonyl (C=O) groups is 1. The van der Waals surface area contributed by atoms with Gasteiger partial charge < -0.3 is 5.73 Å². The molecule has 60 valence electrons. The molecular formula is C8H17NO. The standard InChI is InChI=1S/C8H17NO/c1-2-3-4-5-8(10)6-7-9/h2-7,9H2,1H3. The molecule has 0 fully saturated rings. The van der Waals surface area contributed by atoms with Crippen LogP contribution >= 0.6 is 0 Å². The Morgan fingerprint density at radius 2 is 2.00 bits per heavy atom. The summed E-state index contributed by atoms with van der Waals surface area (Å²) >= 11 is 0. The van der Waals surface area contributed by atoms with Crippen molar-refractivity contribution in [1.82, 2.24) is 0 Å². The van der Waals surface area contributed by atoms with Crippen LogP contribution in [0, 0.1) is 0 Å². The third-order valence-electron chi connectivity index (χ3n) is 1.48. The lowest BCUT2D eigenvalue weighted by Crippen LogP contribution is -2.07. The number of rotatable bonds is 6. The van der Waals surface area contributed by atoms with Crippen molar-refractivity contribution in [3.63, 3.8) is 0 Å². The molecule has 0 saturated carbocycles. The molecule has 0 aliphatic heterocycles. The van der Waals surface area contributed by atoms with Gasteiger partial charge in [0.15, 0.2) is 0 Å². The van der Waals surface area contributed by atoms with Crippen LogP contribution in [-0.2, 0) is 4.79 Å². The first-order chi connectivity index (χ1) is 4.81. The highest BCUT2D eigenvalue weighted by Gasteiger charge is 1.97. The van der Waals surface area contributed by atoms with E-state index in [0.717, 1.165) is 19.3 Å². The average Bonchev–Trinajstić information content (AvgIpc) is 1.89. The zero-order chi connectivity index (χ0) is 7.82. The summed E-state index contributed by atoms with van der Waals surface area (Å²) in [6.45, 7) is 2.64. The highest BCUT2D eigenvalue weighted by Crippen LogP contribution is 2.00. The van der Waals surface area contributed by atoms with Gasteiger partial charge in [-0.15, -0.1) is 0 Å². The Morgan fingerprint density at radius 3 is 2.50 bits per heavy atom. The quantitative estimate of drug-likeness (QED) is 0.572. The molecular weight excluding hydrogens is 126 g/mol. The van der Waals surface area contributed by atoms with Crippen LogP contribution in [0.2, 0.25) is 0 Å². The van der Waals surface area contributed by atoms with Crippen LogP contribution in [0.4, 0.5) is 0 Å². The monoisotopic (exact) mass is 143 g/mol. The van der Waals surface area contributed by atoms with Gasteiger partial charge in [0, 0.05) is 12.8 Å². The maximum atomic E-state index is 10.8. The lowest BCUT2D eigenvalue weighted by molar-refractivity contribution is -0.119. The van der Waals surface area contributed by atoms with Crippen LogP contribution in [0.5, 0.6) is 0 Å². The molecule has 0 aromatic heterocycles. The van der Waals surface area contributed by atoms with Gasteiger partial charge in [0.05, 0.1) is 0 Å². The lowest BCUT2D eigenvalue weighted by Gasteiger charge is -1.96. The topological polar surface area (TPSA) is 43.1 Å². The Balaban J connectivity index is 3.05. The molecule has 0 spiro atoms. The van der Waals surface area contributed by atoms with E-state index in [-0.39, 0.29) is 0 Å². The van der Waals surface area contributed by atoms with E-state index in [9.17, 15) is 4.79 Å². The third kappa shape index (κ3) is 5.76. The highest BCUT2D eigenvalue weighted by molar-refractivity contribution is 5.78. The zero-order valence-corrected chi connectivity index (χ0v) is 6.73. The molecule has 0 unspecified atom stereocenters. The van der Waals surface area contributed by atoms with Crippen molar-refractivity contribution >= 4 is 5.78 Å². The lowest BCUT2D eigenvalue weighted by atomic mass is 10.1. The maximum absolute atomic E-state index is 10.8. The van der Waals surface area contributed by atoms with Crippen LogP contribution in [0.25, 0.3) is 0 Å². The number of Topliss-reactive ketones (excluding diaryl/α,β-unsaturated/α-hetero) is 1. The number of carbonyl (C=O) groups excluding carboxylic acids is 1. The molecule has 0 atom stereocenters. The Bertz CT molecular complexity index is 91.3. The fourth-order valence-electron chi connectivity index (χ4n) is 0.858. The Hall–Kier alpha value is -0.370. The molecule has 10 heavy (non-hydrogen) atoms. The van der Waals surface area contributed by atoms with Crippen molar-refractivity contribution in [3.05, 3.63) is 0 Å². The van der Waals surface area contributed by atoms with Gasteiger partial charge in [0.1, 0.15) is 5.78 Å². The summed E-state index contributed by atoms with van der Waals surface area (Å²) in [5, 5.41) is 0. The summed E-state index contributed by atoms with van der Waals surface area (Å²) in [6, 6.07) is 0. The van der Waals surface area contributed by atoms with Crippen molar-refractivity contribution in [2.75, 3.05) is 6.54 Å². The summed E-state index contributed by atoms with van der Waals surface area (Å²) < 4.78 is 0. The smallest absolute Gasteiger partial charge is 0.134 e. The molecule has 2 N–H and O–H groups in total. The van der Waals surface area contributed by atoms with E-state index in [1.54, 1.807) is 0 Å². The van der Waals surface area contributed by atoms with Gasteiger partial charge in [0.2, 0.25) is 0 Å². The Morgan fingerprint density at radius 1 is 1.30 bits per heavy atom. The molecule has 0 radical (unpaired) electrons. The fraction of sp³-hybridized carbons (Fsp3) is 0.875. The maximum Gasteiger partial charge on any atom is 0.134 e. The summed E-state index contributed by atoms with van der Waals surface area (Å²) in [4.78, 5) is 10.8. The van der Waals surface area contributed by atoms with Crippen molar-refractivity contribution in [3.8, 4) is 0 Å². The Kier molecular flexibility index (Phi) is 6.50. The predicted octanol–water partition coefficient (Wildman–Crippen LogP) is 1.48. The molecule has 0 aliphatic carbocycles. The fourth-order valence-corrected chi connectivity index (χ4v) is 0.858. The zero-order valence-electron chi connectivity index (χ0n) is 6.73. The molecule has 0 saturated heterocycles. The number of hydrogen-bond acceptors (Lipinski definition) is 2. The van der Waals surface area contributed by atoms with Gasteiger partial charge in [-0.05, 0) is 13.0 Å². The number of hydrogen-bond donors (Lipinski definition) is 1. The molecule has 0 heterocycles. The minimum Gasteiger partial charge on any atom is -0.330 e. The second kappa shape index (κ2) is 6.75. The van der Waals surface area contributed by atoms with Crippen LogP contribution in [0.15, 0.2) is 0 Å². The second-order valence-electron chi connectivity index (χ2n) is 2.53. The number of ketones is 1. The largest absolute Gasteiger partial charge is 0.330 e. The van der Waals surface area contributed by atoms with Gasteiger partial charge in [-0.1, -0.05) is 19.8 Å². The van der Waals surface area contributed by atoms with Gasteiger partial charge >= 0.3 is 0 Å². The number of unbranched alkanes of at least 4 members (excludes halogenated alkanes) is 2. The van der Waals surface area contributed by atoms with Gasteiger partial charge in [-0.3, -0.25) is 4.79 Å². The van der Waals surface area contributed by atoms with E-state index in [2.05, 4.69) is 6.92 Å². The SMILES string of the molecule is CCCCCC(=O)CCN. The summed E-state index contributed by atoms with van der Waals surface area (Å²) in [5.74, 6) is 0.316.